The number of nitro groups is 1. The van der Waals surface area contributed by atoms with Crippen molar-refractivity contribution in [2.24, 2.45) is 5.10 Å². The van der Waals surface area contributed by atoms with Gasteiger partial charge in [0.25, 0.3) is 11.6 Å². The summed E-state index contributed by atoms with van der Waals surface area (Å²) in [7, 11) is 0. The van der Waals surface area contributed by atoms with Crippen molar-refractivity contribution in [3.8, 4) is 11.5 Å². The van der Waals surface area contributed by atoms with Gasteiger partial charge in [0.15, 0.2) is 11.5 Å². The number of aryl methyl sites for hydroxylation is 1. The number of rotatable bonds is 4. The molecule has 1 amide bonds. The van der Waals surface area contributed by atoms with Crippen molar-refractivity contribution >= 4 is 17.3 Å². The summed E-state index contributed by atoms with van der Waals surface area (Å²) >= 11 is 0. The van der Waals surface area contributed by atoms with Crippen LogP contribution in [0.3, 0.4) is 0 Å². The molecule has 0 bridgehead atoms. The molecule has 3 rings (SSSR count). The minimum atomic E-state index is -0.525. The molecule has 1 aliphatic rings. The fraction of sp³-hybridized carbons (Fsp3) is 0.176. The summed E-state index contributed by atoms with van der Waals surface area (Å²) in [5.41, 5.74) is 4.28. The molecule has 2 aromatic carbocycles. The number of hydrogen-bond donors (Lipinski definition) is 1. The molecule has 1 N–H and O–H groups in total. The zero-order chi connectivity index (χ0) is 18.0. The van der Waals surface area contributed by atoms with Crippen LogP contribution in [-0.2, 0) is 0 Å². The Kier molecular flexibility index (Phi) is 4.34. The highest BCUT2D eigenvalue weighted by Gasteiger charge is 2.16. The largest absolute Gasteiger partial charge is 0.454 e. The number of nitrogens with zero attached hydrogens (tertiary/aromatic N) is 2. The topological polar surface area (TPSA) is 103 Å². The second-order valence-corrected chi connectivity index (χ2v) is 5.46. The first-order chi connectivity index (χ1) is 12.0. The number of carbonyl (C=O) groups excluding carboxylic acids is 1. The fourth-order valence-corrected chi connectivity index (χ4v) is 2.33. The van der Waals surface area contributed by atoms with Crippen molar-refractivity contribution in [3.05, 3.63) is 63.2 Å². The molecule has 2 aromatic rings. The molecule has 8 heteroatoms. The molecule has 0 saturated carbocycles. The van der Waals surface area contributed by atoms with Crippen LogP contribution in [0.4, 0.5) is 5.69 Å². The van der Waals surface area contributed by atoms with Gasteiger partial charge in [0.05, 0.1) is 10.6 Å². The van der Waals surface area contributed by atoms with Crippen LogP contribution in [0.15, 0.2) is 41.5 Å². The van der Waals surface area contributed by atoms with Crippen LogP contribution in [0.25, 0.3) is 0 Å². The number of nitrogens with one attached hydrogen (secondary N) is 1. The van der Waals surface area contributed by atoms with Gasteiger partial charge in [-0.05, 0) is 38.1 Å². The number of benzene rings is 2. The predicted octanol–water partition coefficient (Wildman–Crippen LogP) is 2.79. The molecular formula is C17H15N3O5. The first-order valence-electron chi connectivity index (χ1n) is 7.45. The Labute approximate surface area is 143 Å². The van der Waals surface area contributed by atoms with Crippen LogP contribution in [0.1, 0.15) is 28.4 Å². The normalized spacial score (nSPS) is 12.8. The monoisotopic (exact) mass is 341 g/mol. The van der Waals surface area contributed by atoms with E-state index >= 15 is 0 Å². The number of hydrogen-bond acceptors (Lipinski definition) is 6. The number of amides is 1. The fourth-order valence-electron chi connectivity index (χ4n) is 2.33. The van der Waals surface area contributed by atoms with Crippen molar-refractivity contribution in [1.82, 2.24) is 5.43 Å². The Morgan fingerprint density at radius 1 is 1.16 bits per heavy atom. The van der Waals surface area contributed by atoms with E-state index in [1.807, 2.05) is 0 Å². The molecule has 0 fully saturated rings. The van der Waals surface area contributed by atoms with E-state index in [1.54, 1.807) is 32.0 Å². The van der Waals surface area contributed by atoms with Crippen LogP contribution in [-0.4, -0.2) is 23.3 Å². The van der Waals surface area contributed by atoms with Gasteiger partial charge in [-0.25, -0.2) is 5.43 Å². The van der Waals surface area contributed by atoms with Crippen LogP contribution in [0.5, 0.6) is 11.5 Å². The van der Waals surface area contributed by atoms with Crippen molar-refractivity contribution in [3.63, 3.8) is 0 Å². The lowest BCUT2D eigenvalue weighted by molar-refractivity contribution is -0.385. The molecule has 0 aromatic heterocycles. The van der Waals surface area contributed by atoms with Gasteiger partial charge in [-0.3, -0.25) is 14.9 Å². The maximum Gasteiger partial charge on any atom is 0.273 e. The quantitative estimate of drug-likeness (QED) is 0.523. The Balaban J connectivity index is 1.76. The molecule has 0 saturated heterocycles. The molecule has 0 radical (unpaired) electrons. The first-order valence-corrected chi connectivity index (χ1v) is 7.45. The lowest BCUT2D eigenvalue weighted by Gasteiger charge is -2.05. The summed E-state index contributed by atoms with van der Waals surface area (Å²) < 4.78 is 10.5. The SMILES string of the molecule is CC(=NNC(=O)c1ccc(C)c([N+](=O)[O-])c1)c1ccc2c(c1)OCO2. The highest BCUT2D eigenvalue weighted by molar-refractivity contribution is 6.01. The minimum absolute atomic E-state index is 0.107. The third-order valence-electron chi connectivity index (χ3n) is 3.78. The van der Waals surface area contributed by atoms with E-state index in [4.69, 9.17) is 9.47 Å². The van der Waals surface area contributed by atoms with Crippen molar-refractivity contribution in [2.45, 2.75) is 13.8 Å². The van der Waals surface area contributed by atoms with Crippen molar-refractivity contribution < 1.29 is 19.2 Å². The van der Waals surface area contributed by atoms with E-state index in [0.29, 0.717) is 22.8 Å². The summed E-state index contributed by atoms with van der Waals surface area (Å²) in [6, 6.07) is 9.61. The van der Waals surface area contributed by atoms with Crippen LogP contribution in [0.2, 0.25) is 0 Å². The maximum absolute atomic E-state index is 12.2. The predicted molar refractivity (Wildman–Crippen MR) is 90.1 cm³/mol. The Morgan fingerprint density at radius 2 is 1.88 bits per heavy atom. The second-order valence-electron chi connectivity index (χ2n) is 5.46. The van der Waals surface area contributed by atoms with Gasteiger partial charge in [-0.1, -0.05) is 6.07 Å². The lowest BCUT2D eigenvalue weighted by atomic mass is 10.1. The average molecular weight is 341 g/mol. The molecular weight excluding hydrogens is 326 g/mol. The second kappa shape index (κ2) is 6.60. The molecule has 8 nitrogen and oxygen atoms in total. The number of fused-ring (bicyclic) bond motifs is 1. The number of carbonyl (C=O) groups is 1. The number of ether oxygens (including phenoxy) is 2. The van der Waals surface area contributed by atoms with E-state index in [1.165, 1.54) is 18.2 Å². The van der Waals surface area contributed by atoms with Gasteiger partial charge in [-0.2, -0.15) is 5.10 Å². The minimum Gasteiger partial charge on any atom is -0.454 e. The van der Waals surface area contributed by atoms with Crippen LogP contribution < -0.4 is 14.9 Å². The zero-order valence-electron chi connectivity index (χ0n) is 13.6. The molecule has 0 aliphatic carbocycles. The summed E-state index contributed by atoms with van der Waals surface area (Å²) in [4.78, 5) is 22.6. The van der Waals surface area contributed by atoms with E-state index < -0.39 is 10.8 Å². The highest BCUT2D eigenvalue weighted by atomic mass is 16.7. The Bertz CT molecular complexity index is 892. The van der Waals surface area contributed by atoms with Crippen molar-refractivity contribution in [1.29, 1.82) is 0 Å². The molecule has 1 aliphatic heterocycles. The number of hydrazone groups is 1. The van der Waals surface area contributed by atoms with Gasteiger partial charge in [-0.15, -0.1) is 0 Å². The summed E-state index contributed by atoms with van der Waals surface area (Å²) in [6.07, 6.45) is 0. The molecule has 25 heavy (non-hydrogen) atoms. The molecule has 0 spiro atoms. The third-order valence-corrected chi connectivity index (χ3v) is 3.78. The third kappa shape index (κ3) is 3.42. The highest BCUT2D eigenvalue weighted by Crippen LogP contribution is 2.32. The lowest BCUT2D eigenvalue weighted by Crippen LogP contribution is -2.19. The first kappa shape index (κ1) is 16.4. The standard InChI is InChI=1S/C17H15N3O5/c1-10-3-4-13(7-14(10)20(22)23)17(21)19-18-11(2)12-5-6-15-16(8-12)25-9-24-15/h3-8H,9H2,1-2H3,(H,19,21). The molecule has 128 valence electrons. The summed E-state index contributed by atoms with van der Waals surface area (Å²) in [5, 5.41) is 15.0. The molecule has 1 heterocycles. The van der Waals surface area contributed by atoms with Gasteiger partial charge >= 0.3 is 0 Å². The van der Waals surface area contributed by atoms with E-state index in [-0.39, 0.29) is 18.0 Å². The summed E-state index contributed by atoms with van der Waals surface area (Å²) in [5.74, 6) is 0.753. The van der Waals surface area contributed by atoms with Crippen LogP contribution in [0, 0.1) is 17.0 Å². The maximum atomic E-state index is 12.2. The van der Waals surface area contributed by atoms with Gasteiger partial charge in [0.1, 0.15) is 0 Å². The smallest absolute Gasteiger partial charge is 0.273 e. The molecule has 0 atom stereocenters. The van der Waals surface area contributed by atoms with Gasteiger partial charge < -0.3 is 9.47 Å². The average Bonchev–Trinajstić information content (AvgIpc) is 3.07. The Hall–Kier alpha value is -3.42. The van der Waals surface area contributed by atoms with E-state index in [0.717, 1.165) is 5.56 Å². The van der Waals surface area contributed by atoms with Gasteiger partial charge in [0, 0.05) is 22.8 Å². The summed E-state index contributed by atoms with van der Waals surface area (Å²) in [6.45, 7) is 3.52. The van der Waals surface area contributed by atoms with E-state index in [9.17, 15) is 14.9 Å². The van der Waals surface area contributed by atoms with Gasteiger partial charge in [0.2, 0.25) is 6.79 Å². The Morgan fingerprint density at radius 3 is 2.64 bits per heavy atom. The number of nitro benzene ring substituents is 1. The van der Waals surface area contributed by atoms with Crippen LogP contribution >= 0.6 is 0 Å². The zero-order valence-corrected chi connectivity index (χ0v) is 13.6. The molecule has 0 unspecified atom stereocenters. The van der Waals surface area contributed by atoms with E-state index in [2.05, 4.69) is 10.5 Å². The van der Waals surface area contributed by atoms with Crippen molar-refractivity contribution in [2.75, 3.05) is 6.79 Å².